The van der Waals surface area contributed by atoms with Crippen LogP contribution in [0.25, 0.3) is 0 Å². The fourth-order valence-corrected chi connectivity index (χ4v) is 1.15. The lowest BCUT2D eigenvalue weighted by Gasteiger charge is -2.03. The van der Waals surface area contributed by atoms with E-state index in [1.54, 1.807) is 13.1 Å². The van der Waals surface area contributed by atoms with Crippen LogP contribution in [0.3, 0.4) is 0 Å². The minimum absolute atomic E-state index is 0.237. The van der Waals surface area contributed by atoms with E-state index in [1.165, 1.54) is 0 Å². The van der Waals surface area contributed by atoms with Crippen LogP contribution in [0.5, 0.6) is 0 Å². The van der Waals surface area contributed by atoms with Crippen LogP contribution in [0.15, 0.2) is 29.2 Å². The van der Waals surface area contributed by atoms with Crippen molar-refractivity contribution in [3.8, 4) is 0 Å². The van der Waals surface area contributed by atoms with Crippen molar-refractivity contribution in [3.63, 3.8) is 0 Å². The first kappa shape index (κ1) is 10.3. The molecule has 0 aromatic carbocycles. The summed E-state index contributed by atoms with van der Waals surface area (Å²) in [6.07, 6.45) is 1.71. The first-order valence-corrected chi connectivity index (χ1v) is 4.83. The van der Waals surface area contributed by atoms with E-state index < -0.39 is 0 Å². The van der Waals surface area contributed by atoms with Gasteiger partial charge in [-0.25, -0.2) is 0 Å². The zero-order valence-corrected chi connectivity index (χ0v) is 8.77. The van der Waals surface area contributed by atoms with E-state index in [1.807, 2.05) is 18.2 Å². The van der Waals surface area contributed by atoms with Gasteiger partial charge in [0.1, 0.15) is 5.69 Å². The van der Waals surface area contributed by atoms with Crippen LogP contribution in [-0.4, -0.2) is 20.2 Å². The molecule has 0 bridgehead atoms. The number of H-pyrrole nitrogens is 1. The monoisotopic (exact) mass is 217 g/mol. The summed E-state index contributed by atoms with van der Waals surface area (Å²) in [7, 11) is 0. The molecule has 0 fully saturated rings. The summed E-state index contributed by atoms with van der Waals surface area (Å²) in [6.45, 7) is 2.10. The third-order valence-corrected chi connectivity index (χ3v) is 2.02. The summed E-state index contributed by atoms with van der Waals surface area (Å²) in [6, 6.07) is 5.62. The molecule has 2 heterocycles. The van der Waals surface area contributed by atoms with Crippen molar-refractivity contribution in [1.29, 1.82) is 0 Å². The molecule has 2 rings (SSSR count). The Kier molecular flexibility index (Phi) is 2.90. The van der Waals surface area contributed by atoms with Crippen molar-refractivity contribution < 1.29 is 0 Å². The van der Waals surface area contributed by atoms with Gasteiger partial charge in [-0.2, -0.15) is 0 Å². The van der Waals surface area contributed by atoms with Gasteiger partial charge in [0.2, 0.25) is 5.95 Å². The molecule has 82 valence electrons. The molecular weight excluding hydrogens is 206 g/mol. The summed E-state index contributed by atoms with van der Waals surface area (Å²) < 4.78 is 0. The smallest absolute Gasteiger partial charge is 0.273 e. The zero-order valence-electron chi connectivity index (χ0n) is 8.77. The van der Waals surface area contributed by atoms with Crippen LogP contribution < -0.4 is 10.9 Å². The fraction of sp³-hybridized carbons (Fsp3) is 0.200. The maximum Gasteiger partial charge on any atom is 0.273 e. The van der Waals surface area contributed by atoms with Gasteiger partial charge >= 0.3 is 0 Å². The molecule has 0 radical (unpaired) electrons. The zero-order chi connectivity index (χ0) is 11.4. The van der Waals surface area contributed by atoms with Gasteiger partial charge in [0.05, 0.1) is 12.2 Å². The highest BCUT2D eigenvalue weighted by molar-refractivity contribution is 5.23. The second-order valence-corrected chi connectivity index (χ2v) is 3.26. The van der Waals surface area contributed by atoms with E-state index in [0.29, 0.717) is 18.2 Å². The van der Waals surface area contributed by atoms with Crippen LogP contribution in [0.2, 0.25) is 0 Å². The molecule has 0 aliphatic rings. The van der Waals surface area contributed by atoms with E-state index in [0.717, 1.165) is 5.69 Å². The molecule has 0 spiro atoms. The molecule has 6 heteroatoms. The number of rotatable bonds is 3. The molecule has 0 aliphatic carbocycles. The summed E-state index contributed by atoms with van der Waals surface area (Å²) >= 11 is 0. The van der Waals surface area contributed by atoms with Crippen molar-refractivity contribution in [2.75, 3.05) is 5.32 Å². The Morgan fingerprint density at radius 2 is 2.25 bits per heavy atom. The normalized spacial score (nSPS) is 10.1. The van der Waals surface area contributed by atoms with Gasteiger partial charge < -0.3 is 5.32 Å². The molecule has 0 atom stereocenters. The summed E-state index contributed by atoms with van der Waals surface area (Å²) in [5, 5.41) is 10.5. The number of anilines is 1. The number of nitrogens with one attached hydrogen (secondary N) is 2. The Hall–Kier alpha value is -2.24. The summed E-state index contributed by atoms with van der Waals surface area (Å²) in [5.41, 5.74) is 0.979. The average Bonchev–Trinajstić information content (AvgIpc) is 2.32. The van der Waals surface area contributed by atoms with Gasteiger partial charge in [0, 0.05) is 6.20 Å². The Bertz CT molecular complexity index is 522. The van der Waals surface area contributed by atoms with Gasteiger partial charge in [-0.3, -0.25) is 14.8 Å². The van der Waals surface area contributed by atoms with Gasteiger partial charge in [-0.1, -0.05) is 6.07 Å². The van der Waals surface area contributed by atoms with Crippen molar-refractivity contribution in [2.24, 2.45) is 0 Å². The van der Waals surface area contributed by atoms with Gasteiger partial charge in [-0.05, 0) is 19.1 Å². The van der Waals surface area contributed by atoms with Crippen LogP contribution in [0.4, 0.5) is 5.95 Å². The molecule has 0 unspecified atom stereocenters. The second-order valence-electron chi connectivity index (χ2n) is 3.26. The molecule has 2 aromatic rings. The Morgan fingerprint density at radius 1 is 1.38 bits per heavy atom. The van der Waals surface area contributed by atoms with Crippen molar-refractivity contribution >= 4 is 5.95 Å². The van der Waals surface area contributed by atoms with E-state index in [-0.39, 0.29) is 5.56 Å². The van der Waals surface area contributed by atoms with Crippen LogP contribution in [0.1, 0.15) is 11.4 Å². The van der Waals surface area contributed by atoms with Crippen LogP contribution in [-0.2, 0) is 6.54 Å². The molecule has 0 aliphatic heterocycles. The number of hydrogen-bond acceptors (Lipinski definition) is 5. The lowest BCUT2D eigenvalue weighted by atomic mass is 10.3. The third-order valence-electron chi connectivity index (χ3n) is 2.02. The quantitative estimate of drug-likeness (QED) is 0.781. The Balaban J connectivity index is 2.05. The number of aryl methyl sites for hydroxylation is 1. The maximum atomic E-state index is 11.2. The Labute approximate surface area is 91.8 Å². The minimum atomic E-state index is -0.237. The minimum Gasteiger partial charge on any atom is -0.349 e. The van der Waals surface area contributed by atoms with Gasteiger partial charge in [0.25, 0.3) is 5.56 Å². The topological polar surface area (TPSA) is 83.6 Å². The van der Waals surface area contributed by atoms with E-state index >= 15 is 0 Å². The van der Waals surface area contributed by atoms with E-state index in [2.05, 4.69) is 25.5 Å². The van der Waals surface area contributed by atoms with Crippen molar-refractivity contribution in [1.82, 2.24) is 20.2 Å². The van der Waals surface area contributed by atoms with Gasteiger partial charge in [0.15, 0.2) is 0 Å². The number of pyridine rings is 1. The third kappa shape index (κ3) is 2.41. The highest BCUT2D eigenvalue weighted by atomic mass is 16.1. The average molecular weight is 217 g/mol. The lowest BCUT2D eigenvalue weighted by molar-refractivity contribution is 0.882. The summed E-state index contributed by atoms with van der Waals surface area (Å²) in [5.74, 6) is 0.348. The predicted molar refractivity (Wildman–Crippen MR) is 59.0 cm³/mol. The van der Waals surface area contributed by atoms with Crippen molar-refractivity contribution in [2.45, 2.75) is 13.5 Å². The first-order chi connectivity index (χ1) is 7.75. The SMILES string of the molecule is Cc1nnc(NCc2ccccn2)[nH]c1=O. The highest BCUT2D eigenvalue weighted by Gasteiger charge is 1.99. The maximum absolute atomic E-state index is 11.2. The van der Waals surface area contributed by atoms with Gasteiger partial charge in [-0.15, -0.1) is 10.2 Å². The highest BCUT2D eigenvalue weighted by Crippen LogP contribution is 1.97. The molecule has 16 heavy (non-hydrogen) atoms. The second kappa shape index (κ2) is 4.52. The predicted octanol–water partition coefficient (Wildman–Crippen LogP) is 0.480. The first-order valence-electron chi connectivity index (χ1n) is 4.83. The molecule has 2 N–H and O–H groups in total. The number of aromatic amines is 1. The molecule has 0 saturated carbocycles. The largest absolute Gasteiger partial charge is 0.349 e. The molecular formula is C10H11N5O. The number of aromatic nitrogens is 4. The summed E-state index contributed by atoms with van der Waals surface area (Å²) in [4.78, 5) is 17.9. The van der Waals surface area contributed by atoms with E-state index in [9.17, 15) is 4.79 Å². The van der Waals surface area contributed by atoms with E-state index in [4.69, 9.17) is 0 Å². The molecule has 2 aromatic heterocycles. The molecule has 0 amide bonds. The number of hydrogen-bond donors (Lipinski definition) is 2. The Morgan fingerprint density at radius 3 is 2.94 bits per heavy atom. The molecule has 0 saturated heterocycles. The van der Waals surface area contributed by atoms with Crippen LogP contribution in [0, 0.1) is 6.92 Å². The lowest BCUT2D eigenvalue weighted by Crippen LogP contribution is -2.17. The van der Waals surface area contributed by atoms with Crippen LogP contribution >= 0.6 is 0 Å². The molecule has 6 nitrogen and oxygen atoms in total. The number of nitrogens with zero attached hydrogens (tertiary/aromatic N) is 3. The van der Waals surface area contributed by atoms with Crippen molar-refractivity contribution in [3.05, 3.63) is 46.1 Å². The standard InChI is InChI=1S/C10H11N5O/c1-7-9(16)13-10(15-14-7)12-6-8-4-2-3-5-11-8/h2-5H,6H2,1H3,(H2,12,13,15,16). The fourth-order valence-electron chi connectivity index (χ4n) is 1.15.